The number of aromatic amines is 1. The molecule has 4 rings (SSSR count). The zero-order valence-corrected chi connectivity index (χ0v) is 19.2. The molecule has 2 aromatic heterocycles. The summed E-state index contributed by atoms with van der Waals surface area (Å²) in [6.45, 7) is 5.29. The monoisotopic (exact) mass is 458 g/mol. The minimum absolute atomic E-state index is 0.254. The smallest absolute Gasteiger partial charge is 0.408 e. The van der Waals surface area contributed by atoms with E-state index < -0.39 is 23.6 Å². The van der Waals surface area contributed by atoms with E-state index in [1.807, 2.05) is 48.7 Å². The van der Waals surface area contributed by atoms with Gasteiger partial charge in [-0.3, -0.25) is 14.8 Å². The quantitative estimate of drug-likeness (QED) is 0.300. The van der Waals surface area contributed by atoms with Crippen molar-refractivity contribution in [3.8, 4) is 0 Å². The first-order chi connectivity index (χ1) is 16.3. The molecule has 0 radical (unpaired) electrons. The third kappa shape index (κ3) is 5.55. The largest absolute Gasteiger partial charge is 0.444 e. The summed E-state index contributed by atoms with van der Waals surface area (Å²) in [5.74, 6) is -0.473. The minimum atomic E-state index is -0.904. The topological polar surface area (TPSA) is 121 Å². The van der Waals surface area contributed by atoms with E-state index in [-0.39, 0.29) is 6.42 Å². The Morgan fingerprint density at radius 1 is 1.12 bits per heavy atom. The molecule has 0 fully saturated rings. The van der Waals surface area contributed by atoms with E-state index >= 15 is 0 Å². The average Bonchev–Trinajstić information content (AvgIpc) is 3.20. The molecule has 9 heteroatoms. The molecule has 0 spiro atoms. The highest BCUT2D eigenvalue weighted by atomic mass is 16.6. The maximum Gasteiger partial charge on any atom is 0.408 e. The zero-order valence-electron chi connectivity index (χ0n) is 19.2. The number of hydrogen-bond donors (Lipinski definition) is 3. The molecule has 0 saturated heterocycles. The van der Waals surface area contributed by atoms with Gasteiger partial charge in [-0.05, 0) is 38.5 Å². The Morgan fingerprint density at radius 3 is 2.74 bits per heavy atom. The molecule has 2 heterocycles. The SMILES string of the molecule is CC(C)(C)OC(=O)N[C@@H](Cc1c[nH]c2ccccc12)C(=O)N/N=C/c1cccc2nccnc12. The number of aromatic nitrogens is 3. The number of alkyl carbamates (subject to hydrolysis) is 1. The standard InChI is InChI=1S/C25H26N6O3/c1-25(2,3)34-24(33)30-21(13-17-14-28-19-9-5-4-8-18(17)19)23(32)31-29-15-16-7-6-10-20-22(16)27-12-11-26-20/h4-12,14-15,21,28H,13H2,1-3H3,(H,30,33)(H,31,32)/b29-15+/t21-/m0/s1. The molecule has 0 aliphatic carbocycles. The van der Waals surface area contributed by atoms with Gasteiger partial charge < -0.3 is 15.0 Å². The Bertz CT molecular complexity index is 1350. The van der Waals surface area contributed by atoms with Crippen LogP contribution in [0.3, 0.4) is 0 Å². The van der Waals surface area contributed by atoms with Crippen LogP contribution in [0.1, 0.15) is 31.9 Å². The van der Waals surface area contributed by atoms with E-state index in [1.54, 1.807) is 33.2 Å². The number of H-pyrrole nitrogens is 1. The fraction of sp³-hybridized carbons (Fsp3) is 0.240. The van der Waals surface area contributed by atoms with Crippen molar-refractivity contribution in [2.45, 2.75) is 38.8 Å². The molecule has 1 atom stereocenters. The van der Waals surface area contributed by atoms with Gasteiger partial charge in [0.05, 0.1) is 17.2 Å². The Kier molecular flexibility index (Phi) is 6.53. The lowest BCUT2D eigenvalue weighted by atomic mass is 10.0. The van der Waals surface area contributed by atoms with Crippen LogP contribution in [0.15, 0.2) is 66.2 Å². The van der Waals surface area contributed by atoms with Gasteiger partial charge in [-0.15, -0.1) is 0 Å². The van der Waals surface area contributed by atoms with Crippen LogP contribution in [0.25, 0.3) is 21.9 Å². The fourth-order valence-corrected chi connectivity index (χ4v) is 3.54. The predicted molar refractivity (Wildman–Crippen MR) is 130 cm³/mol. The van der Waals surface area contributed by atoms with Gasteiger partial charge in [0.1, 0.15) is 11.6 Å². The first kappa shape index (κ1) is 22.9. The molecular formula is C25H26N6O3. The first-order valence-corrected chi connectivity index (χ1v) is 10.9. The molecule has 0 unspecified atom stereocenters. The summed E-state index contributed by atoms with van der Waals surface area (Å²) in [4.78, 5) is 37.2. The van der Waals surface area contributed by atoms with Crippen molar-refractivity contribution >= 4 is 40.2 Å². The lowest BCUT2D eigenvalue weighted by molar-refractivity contribution is -0.123. The van der Waals surface area contributed by atoms with E-state index in [2.05, 4.69) is 30.8 Å². The molecule has 0 bridgehead atoms. The van der Waals surface area contributed by atoms with Crippen LogP contribution in [0.4, 0.5) is 4.79 Å². The number of amides is 2. The van der Waals surface area contributed by atoms with E-state index in [0.29, 0.717) is 11.1 Å². The molecule has 9 nitrogen and oxygen atoms in total. The molecular weight excluding hydrogens is 432 g/mol. The van der Waals surface area contributed by atoms with Gasteiger partial charge >= 0.3 is 6.09 Å². The second-order valence-electron chi connectivity index (χ2n) is 8.77. The van der Waals surface area contributed by atoms with Gasteiger partial charge in [0.25, 0.3) is 5.91 Å². The van der Waals surface area contributed by atoms with Crippen LogP contribution in [-0.2, 0) is 16.0 Å². The molecule has 2 amide bonds. The van der Waals surface area contributed by atoms with Gasteiger partial charge in [-0.2, -0.15) is 5.10 Å². The lowest BCUT2D eigenvalue weighted by Crippen LogP contribution is -2.48. The van der Waals surface area contributed by atoms with E-state index in [1.165, 1.54) is 6.21 Å². The lowest BCUT2D eigenvalue weighted by Gasteiger charge is -2.22. The van der Waals surface area contributed by atoms with E-state index in [9.17, 15) is 9.59 Å². The normalized spacial score (nSPS) is 12.7. The van der Waals surface area contributed by atoms with E-state index in [4.69, 9.17) is 4.74 Å². The van der Waals surface area contributed by atoms with Crippen molar-refractivity contribution < 1.29 is 14.3 Å². The fourth-order valence-electron chi connectivity index (χ4n) is 3.54. The highest BCUT2D eigenvalue weighted by Gasteiger charge is 2.25. The van der Waals surface area contributed by atoms with Crippen LogP contribution in [0.2, 0.25) is 0 Å². The molecule has 0 aliphatic rings. The van der Waals surface area contributed by atoms with Crippen LogP contribution >= 0.6 is 0 Å². The molecule has 3 N–H and O–H groups in total. The minimum Gasteiger partial charge on any atom is -0.444 e. The van der Waals surface area contributed by atoms with Crippen molar-refractivity contribution in [2.75, 3.05) is 0 Å². The number of fused-ring (bicyclic) bond motifs is 2. The van der Waals surface area contributed by atoms with Crippen molar-refractivity contribution in [3.05, 3.63) is 72.2 Å². The number of ether oxygens (including phenoxy) is 1. The molecule has 4 aromatic rings. The zero-order chi connectivity index (χ0) is 24.1. The van der Waals surface area contributed by atoms with Crippen LogP contribution in [-0.4, -0.2) is 44.8 Å². The number of rotatable bonds is 6. The Balaban J connectivity index is 1.52. The predicted octanol–water partition coefficient (Wildman–Crippen LogP) is 3.70. The number of hydrogen-bond acceptors (Lipinski definition) is 6. The van der Waals surface area contributed by atoms with Gasteiger partial charge in [0.15, 0.2) is 0 Å². The van der Waals surface area contributed by atoms with Crippen LogP contribution < -0.4 is 10.7 Å². The van der Waals surface area contributed by atoms with E-state index in [0.717, 1.165) is 22.0 Å². The van der Waals surface area contributed by atoms with Gasteiger partial charge in [0, 0.05) is 41.5 Å². The molecule has 2 aromatic carbocycles. The number of benzene rings is 2. The number of carbonyl (C=O) groups is 2. The number of nitrogens with one attached hydrogen (secondary N) is 3. The number of carbonyl (C=O) groups excluding carboxylic acids is 2. The number of para-hydroxylation sites is 2. The van der Waals surface area contributed by atoms with Crippen molar-refractivity contribution in [1.29, 1.82) is 0 Å². The maximum atomic E-state index is 13.0. The van der Waals surface area contributed by atoms with Crippen LogP contribution in [0, 0.1) is 0 Å². The summed E-state index contributed by atoms with van der Waals surface area (Å²) in [5, 5.41) is 7.74. The number of hydrazone groups is 1. The summed E-state index contributed by atoms with van der Waals surface area (Å²) in [5.41, 5.74) is 5.77. The molecule has 0 aliphatic heterocycles. The third-order valence-electron chi connectivity index (χ3n) is 5.01. The average molecular weight is 459 g/mol. The highest BCUT2D eigenvalue weighted by molar-refractivity contribution is 5.96. The van der Waals surface area contributed by atoms with Gasteiger partial charge in [0.2, 0.25) is 0 Å². The highest BCUT2D eigenvalue weighted by Crippen LogP contribution is 2.19. The molecule has 0 saturated carbocycles. The molecule has 174 valence electrons. The van der Waals surface area contributed by atoms with Gasteiger partial charge in [-0.25, -0.2) is 10.2 Å². The maximum absolute atomic E-state index is 13.0. The number of nitrogens with zero attached hydrogens (tertiary/aromatic N) is 3. The Morgan fingerprint density at radius 2 is 1.91 bits per heavy atom. The van der Waals surface area contributed by atoms with Crippen molar-refractivity contribution in [3.63, 3.8) is 0 Å². The summed E-state index contributed by atoms with van der Waals surface area (Å²) in [6, 6.07) is 12.4. The Hall–Kier alpha value is -4.27. The summed E-state index contributed by atoms with van der Waals surface area (Å²) >= 11 is 0. The Labute approximate surface area is 196 Å². The third-order valence-corrected chi connectivity index (χ3v) is 5.01. The summed E-state index contributed by atoms with van der Waals surface area (Å²) < 4.78 is 5.36. The van der Waals surface area contributed by atoms with Crippen LogP contribution in [0.5, 0.6) is 0 Å². The first-order valence-electron chi connectivity index (χ1n) is 10.9. The molecule has 34 heavy (non-hydrogen) atoms. The summed E-state index contributed by atoms with van der Waals surface area (Å²) in [6.07, 6.45) is 6.12. The second-order valence-corrected chi connectivity index (χ2v) is 8.77. The van der Waals surface area contributed by atoms with Crippen molar-refractivity contribution in [2.24, 2.45) is 5.10 Å². The van der Waals surface area contributed by atoms with Crippen molar-refractivity contribution in [1.82, 2.24) is 25.7 Å². The van der Waals surface area contributed by atoms with Gasteiger partial charge in [-0.1, -0.05) is 30.3 Å². The summed E-state index contributed by atoms with van der Waals surface area (Å²) in [7, 11) is 0. The second kappa shape index (κ2) is 9.70.